The van der Waals surface area contributed by atoms with E-state index in [1.165, 1.54) is 17.3 Å². The Morgan fingerprint density at radius 2 is 1.88 bits per heavy atom. The second-order valence-electron chi connectivity index (χ2n) is 3.06. The molecule has 2 rings (SSSR count). The van der Waals surface area contributed by atoms with Crippen LogP contribution >= 0.6 is 35.4 Å². The quantitative estimate of drug-likeness (QED) is 0.832. The monoisotopic (exact) mass is 287 g/mol. The summed E-state index contributed by atoms with van der Waals surface area (Å²) in [5.74, 6) is 0. The van der Waals surface area contributed by atoms with Gasteiger partial charge in [-0.1, -0.05) is 23.2 Å². The molecule has 8 heteroatoms. The minimum Gasteiger partial charge on any atom is -0.331 e. The number of hydrogen-bond donors (Lipinski definition) is 2. The van der Waals surface area contributed by atoms with Gasteiger partial charge in [-0.2, -0.15) is 0 Å². The van der Waals surface area contributed by atoms with Crippen LogP contribution < -0.4 is 10.7 Å². The van der Waals surface area contributed by atoms with E-state index in [2.05, 4.69) is 20.9 Å². The van der Waals surface area contributed by atoms with Crippen molar-refractivity contribution in [2.24, 2.45) is 0 Å². The number of hydrogen-bond acceptors (Lipinski definition) is 3. The van der Waals surface area contributed by atoms with Crippen LogP contribution in [0.1, 0.15) is 0 Å². The summed E-state index contributed by atoms with van der Waals surface area (Å²) in [4.78, 5) is 0. The molecule has 0 unspecified atom stereocenters. The zero-order valence-electron chi connectivity index (χ0n) is 8.39. The Balaban J connectivity index is 2.00. The van der Waals surface area contributed by atoms with Crippen LogP contribution in [0.4, 0.5) is 5.69 Å². The Bertz CT molecular complexity index is 528. The lowest BCUT2D eigenvalue weighted by Crippen LogP contribution is -2.26. The van der Waals surface area contributed by atoms with Crippen molar-refractivity contribution in [2.45, 2.75) is 0 Å². The van der Waals surface area contributed by atoms with Gasteiger partial charge in [0.1, 0.15) is 12.7 Å². The van der Waals surface area contributed by atoms with Gasteiger partial charge in [-0.05, 0) is 30.4 Å². The fourth-order valence-electron chi connectivity index (χ4n) is 1.11. The molecule has 0 aliphatic carbocycles. The summed E-state index contributed by atoms with van der Waals surface area (Å²) in [7, 11) is 0. The summed E-state index contributed by atoms with van der Waals surface area (Å²) in [5, 5.41) is 11.6. The summed E-state index contributed by atoms with van der Waals surface area (Å²) in [6.07, 6.45) is 2.98. The van der Waals surface area contributed by atoms with Crippen LogP contribution in [0.5, 0.6) is 0 Å². The molecular weight excluding hydrogens is 281 g/mol. The highest BCUT2D eigenvalue weighted by Gasteiger charge is 2.01. The van der Waals surface area contributed by atoms with Gasteiger partial charge in [0.05, 0.1) is 10.0 Å². The summed E-state index contributed by atoms with van der Waals surface area (Å²) >= 11 is 16.8. The summed E-state index contributed by atoms with van der Waals surface area (Å²) in [6.45, 7) is 0. The molecule has 88 valence electrons. The molecule has 17 heavy (non-hydrogen) atoms. The number of rotatable bonds is 2. The zero-order chi connectivity index (χ0) is 12.3. The summed E-state index contributed by atoms with van der Waals surface area (Å²) < 4.78 is 1.52. The van der Waals surface area contributed by atoms with Gasteiger partial charge in [-0.3, -0.25) is 5.43 Å². The lowest BCUT2D eigenvalue weighted by Gasteiger charge is -2.10. The molecule has 0 aliphatic rings. The van der Waals surface area contributed by atoms with Gasteiger partial charge in [0.2, 0.25) is 0 Å². The fraction of sp³-hybridized carbons (Fsp3) is 0. The van der Waals surface area contributed by atoms with Crippen molar-refractivity contribution in [1.29, 1.82) is 0 Å². The first-order chi connectivity index (χ1) is 8.15. The van der Waals surface area contributed by atoms with Crippen LogP contribution in [0.25, 0.3) is 0 Å². The fourth-order valence-corrected chi connectivity index (χ4v) is 1.63. The van der Waals surface area contributed by atoms with E-state index in [0.717, 1.165) is 5.69 Å². The largest absolute Gasteiger partial charge is 0.331 e. The highest BCUT2D eigenvalue weighted by molar-refractivity contribution is 7.80. The van der Waals surface area contributed by atoms with Gasteiger partial charge >= 0.3 is 0 Å². The summed E-state index contributed by atoms with van der Waals surface area (Å²) in [5.41, 5.74) is 3.58. The van der Waals surface area contributed by atoms with E-state index in [0.29, 0.717) is 15.2 Å². The van der Waals surface area contributed by atoms with Crippen molar-refractivity contribution in [1.82, 2.24) is 14.9 Å². The van der Waals surface area contributed by atoms with Gasteiger partial charge < -0.3 is 5.32 Å². The average Bonchev–Trinajstić information content (AvgIpc) is 2.76. The first-order valence-electron chi connectivity index (χ1n) is 4.53. The Hall–Kier alpha value is -1.37. The molecule has 0 fully saturated rings. The van der Waals surface area contributed by atoms with E-state index in [9.17, 15) is 0 Å². The third-order valence-electron chi connectivity index (χ3n) is 1.83. The molecule has 0 radical (unpaired) electrons. The maximum absolute atomic E-state index is 5.88. The lowest BCUT2D eigenvalue weighted by atomic mass is 10.3. The van der Waals surface area contributed by atoms with E-state index >= 15 is 0 Å². The van der Waals surface area contributed by atoms with Crippen molar-refractivity contribution >= 4 is 46.2 Å². The van der Waals surface area contributed by atoms with E-state index in [4.69, 9.17) is 35.4 Å². The van der Waals surface area contributed by atoms with E-state index in [-0.39, 0.29) is 0 Å². The highest BCUT2D eigenvalue weighted by Crippen LogP contribution is 2.24. The Labute approximate surface area is 113 Å². The maximum Gasteiger partial charge on any atom is 0.190 e. The molecule has 0 saturated carbocycles. The molecule has 1 heterocycles. The molecule has 2 aromatic rings. The van der Waals surface area contributed by atoms with Gasteiger partial charge in [-0.15, -0.1) is 10.2 Å². The molecule has 0 amide bonds. The van der Waals surface area contributed by atoms with Crippen LogP contribution in [0, 0.1) is 0 Å². The second kappa shape index (κ2) is 5.31. The Morgan fingerprint density at radius 3 is 2.53 bits per heavy atom. The predicted octanol–water partition coefficient (Wildman–Crippen LogP) is 2.53. The smallest absolute Gasteiger partial charge is 0.190 e. The van der Waals surface area contributed by atoms with E-state index < -0.39 is 0 Å². The van der Waals surface area contributed by atoms with Gasteiger partial charge in [-0.25, -0.2) is 4.68 Å². The molecule has 1 aromatic heterocycles. The van der Waals surface area contributed by atoms with Crippen molar-refractivity contribution < 1.29 is 0 Å². The van der Waals surface area contributed by atoms with Crippen LogP contribution in [-0.2, 0) is 0 Å². The van der Waals surface area contributed by atoms with Crippen molar-refractivity contribution in [3.8, 4) is 0 Å². The maximum atomic E-state index is 5.88. The van der Waals surface area contributed by atoms with E-state index in [1.54, 1.807) is 18.2 Å². The number of benzene rings is 1. The normalized spacial score (nSPS) is 10.0. The van der Waals surface area contributed by atoms with Gasteiger partial charge in [0.25, 0.3) is 0 Å². The Kier molecular flexibility index (Phi) is 3.78. The van der Waals surface area contributed by atoms with E-state index in [1.807, 2.05) is 0 Å². The topological polar surface area (TPSA) is 54.8 Å². The van der Waals surface area contributed by atoms with Crippen LogP contribution in [-0.4, -0.2) is 20.0 Å². The number of thiocarbonyl (C=S) groups is 1. The molecule has 0 saturated heterocycles. The van der Waals surface area contributed by atoms with Gasteiger partial charge in [0.15, 0.2) is 5.11 Å². The minimum absolute atomic E-state index is 0.392. The molecule has 0 bridgehead atoms. The van der Waals surface area contributed by atoms with Crippen molar-refractivity contribution in [3.05, 3.63) is 40.9 Å². The molecule has 1 aromatic carbocycles. The first-order valence-corrected chi connectivity index (χ1v) is 5.69. The molecule has 5 nitrogen and oxygen atoms in total. The zero-order valence-corrected chi connectivity index (χ0v) is 10.7. The number of halogens is 2. The standard InChI is InChI=1S/C9H7Cl2N5S/c10-7-2-1-6(3-8(7)11)14-9(17)15-16-4-12-13-5-16/h1-5H,(H2,14,15,17). The van der Waals surface area contributed by atoms with Crippen LogP contribution in [0.3, 0.4) is 0 Å². The highest BCUT2D eigenvalue weighted by atomic mass is 35.5. The number of nitrogens with zero attached hydrogens (tertiary/aromatic N) is 3. The molecule has 0 spiro atoms. The SMILES string of the molecule is S=C(Nc1ccc(Cl)c(Cl)c1)Nn1cnnc1. The number of anilines is 1. The van der Waals surface area contributed by atoms with Crippen LogP contribution in [0.2, 0.25) is 10.0 Å². The lowest BCUT2D eigenvalue weighted by molar-refractivity contribution is 0.974. The number of nitrogens with one attached hydrogen (secondary N) is 2. The van der Waals surface area contributed by atoms with Gasteiger partial charge in [0, 0.05) is 5.69 Å². The first kappa shape index (κ1) is 12.1. The molecule has 0 atom stereocenters. The van der Waals surface area contributed by atoms with Crippen LogP contribution in [0.15, 0.2) is 30.9 Å². The second-order valence-corrected chi connectivity index (χ2v) is 4.29. The molecule has 2 N–H and O–H groups in total. The predicted molar refractivity (Wildman–Crippen MR) is 72.1 cm³/mol. The molecule has 0 aliphatic heterocycles. The third kappa shape index (κ3) is 3.29. The van der Waals surface area contributed by atoms with Crippen molar-refractivity contribution in [2.75, 3.05) is 10.7 Å². The number of aromatic nitrogens is 3. The summed E-state index contributed by atoms with van der Waals surface area (Å²) in [6, 6.07) is 5.14. The third-order valence-corrected chi connectivity index (χ3v) is 2.76. The minimum atomic E-state index is 0.392. The Morgan fingerprint density at radius 1 is 1.18 bits per heavy atom. The average molecular weight is 288 g/mol. The molecular formula is C9H7Cl2N5S. The van der Waals surface area contributed by atoms with Crippen molar-refractivity contribution in [3.63, 3.8) is 0 Å².